The molecule has 0 radical (unpaired) electrons. The van der Waals surface area contributed by atoms with Gasteiger partial charge >= 0.3 is 0 Å². The van der Waals surface area contributed by atoms with Crippen molar-refractivity contribution >= 4 is 0 Å². The molecule has 1 aliphatic carbocycles. The zero-order valence-electron chi connectivity index (χ0n) is 12.5. The Morgan fingerprint density at radius 3 is 2.17 bits per heavy atom. The number of nitrogens with one attached hydrogen (secondary N) is 1. The van der Waals surface area contributed by atoms with Crippen molar-refractivity contribution in [1.82, 2.24) is 10.2 Å². The van der Waals surface area contributed by atoms with Crippen LogP contribution in [0.4, 0.5) is 0 Å². The lowest BCUT2D eigenvalue weighted by molar-refractivity contribution is -0.00511. The van der Waals surface area contributed by atoms with E-state index in [4.69, 9.17) is 0 Å². The van der Waals surface area contributed by atoms with E-state index in [9.17, 15) is 0 Å². The molecule has 1 heterocycles. The largest absolute Gasteiger partial charge is 0.313 e. The van der Waals surface area contributed by atoms with Crippen molar-refractivity contribution < 1.29 is 0 Å². The van der Waals surface area contributed by atoms with Gasteiger partial charge in [0.05, 0.1) is 0 Å². The van der Waals surface area contributed by atoms with Crippen LogP contribution < -0.4 is 5.32 Å². The molecule has 0 aromatic rings. The van der Waals surface area contributed by atoms with E-state index in [2.05, 4.69) is 24.1 Å². The predicted octanol–water partition coefficient (Wildman–Crippen LogP) is 3.42. The standard InChI is InChI=1S/C16H32N2/c1-3-16(4-2)13-18(14-16)12-11-17-15-9-7-5-6-8-10-15/h15,17H,3-14H2,1-2H3. The molecule has 1 saturated carbocycles. The summed E-state index contributed by atoms with van der Waals surface area (Å²) < 4.78 is 0. The molecule has 1 N–H and O–H groups in total. The van der Waals surface area contributed by atoms with E-state index < -0.39 is 0 Å². The minimum atomic E-state index is 0.669. The second-order valence-electron chi connectivity index (χ2n) is 6.56. The Bertz CT molecular complexity index is 219. The smallest absolute Gasteiger partial charge is 0.0107 e. The van der Waals surface area contributed by atoms with Crippen LogP contribution in [0.3, 0.4) is 0 Å². The zero-order chi connectivity index (χ0) is 12.8. The first kappa shape index (κ1) is 14.3. The molecule has 2 fully saturated rings. The molecule has 0 atom stereocenters. The molecular formula is C16H32N2. The molecule has 18 heavy (non-hydrogen) atoms. The summed E-state index contributed by atoms with van der Waals surface area (Å²) in [6.45, 7) is 9.85. The second kappa shape index (κ2) is 6.91. The normalized spacial score (nSPS) is 25.7. The van der Waals surface area contributed by atoms with Gasteiger partial charge in [-0.1, -0.05) is 39.5 Å². The van der Waals surface area contributed by atoms with E-state index in [-0.39, 0.29) is 0 Å². The Kier molecular flexibility index (Phi) is 5.50. The van der Waals surface area contributed by atoms with Crippen LogP contribution in [0.1, 0.15) is 65.2 Å². The van der Waals surface area contributed by atoms with Gasteiger partial charge in [-0.3, -0.25) is 0 Å². The third kappa shape index (κ3) is 3.71. The van der Waals surface area contributed by atoms with Gasteiger partial charge in [0.15, 0.2) is 0 Å². The quantitative estimate of drug-likeness (QED) is 0.729. The van der Waals surface area contributed by atoms with Crippen molar-refractivity contribution in [3.8, 4) is 0 Å². The Morgan fingerprint density at radius 2 is 1.61 bits per heavy atom. The van der Waals surface area contributed by atoms with Crippen LogP contribution in [-0.4, -0.2) is 37.1 Å². The highest BCUT2D eigenvalue weighted by Crippen LogP contribution is 2.36. The Balaban J connectivity index is 1.56. The van der Waals surface area contributed by atoms with Crippen molar-refractivity contribution in [2.24, 2.45) is 5.41 Å². The maximum atomic E-state index is 3.78. The van der Waals surface area contributed by atoms with Gasteiger partial charge < -0.3 is 10.2 Å². The lowest BCUT2D eigenvalue weighted by Crippen LogP contribution is -2.57. The van der Waals surface area contributed by atoms with Crippen molar-refractivity contribution in [3.05, 3.63) is 0 Å². The fraction of sp³-hybridized carbons (Fsp3) is 1.00. The first-order valence-electron chi connectivity index (χ1n) is 8.24. The van der Waals surface area contributed by atoms with Crippen LogP contribution in [0, 0.1) is 5.41 Å². The summed E-state index contributed by atoms with van der Waals surface area (Å²) in [5.74, 6) is 0. The van der Waals surface area contributed by atoms with Crippen molar-refractivity contribution in [2.45, 2.75) is 71.3 Å². The summed E-state index contributed by atoms with van der Waals surface area (Å²) in [6, 6.07) is 0.816. The van der Waals surface area contributed by atoms with Gasteiger partial charge in [-0.15, -0.1) is 0 Å². The lowest BCUT2D eigenvalue weighted by atomic mass is 9.75. The van der Waals surface area contributed by atoms with Crippen molar-refractivity contribution in [2.75, 3.05) is 26.2 Å². The molecule has 0 aromatic heterocycles. The van der Waals surface area contributed by atoms with Crippen LogP contribution in [-0.2, 0) is 0 Å². The first-order chi connectivity index (χ1) is 8.78. The highest BCUT2D eigenvalue weighted by Gasteiger charge is 2.38. The monoisotopic (exact) mass is 252 g/mol. The highest BCUT2D eigenvalue weighted by molar-refractivity contribution is 4.93. The minimum absolute atomic E-state index is 0.669. The third-order valence-corrected chi connectivity index (χ3v) is 5.33. The van der Waals surface area contributed by atoms with Crippen LogP contribution >= 0.6 is 0 Å². The highest BCUT2D eigenvalue weighted by atomic mass is 15.2. The van der Waals surface area contributed by atoms with Gasteiger partial charge in [0, 0.05) is 32.2 Å². The van der Waals surface area contributed by atoms with Gasteiger partial charge in [0.1, 0.15) is 0 Å². The van der Waals surface area contributed by atoms with E-state index in [1.54, 1.807) is 0 Å². The Labute approximate surface area is 114 Å². The van der Waals surface area contributed by atoms with Gasteiger partial charge in [-0.2, -0.15) is 0 Å². The molecule has 0 aromatic carbocycles. The summed E-state index contributed by atoms with van der Waals surface area (Å²) in [7, 11) is 0. The molecule has 2 rings (SSSR count). The summed E-state index contributed by atoms with van der Waals surface area (Å²) >= 11 is 0. The van der Waals surface area contributed by atoms with Gasteiger partial charge in [0.25, 0.3) is 0 Å². The molecule has 2 aliphatic rings. The van der Waals surface area contributed by atoms with Crippen molar-refractivity contribution in [1.29, 1.82) is 0 Å². The van der Waals surface area contributed by atoms with E-state index in [1.807, 2.05) is 0 Å². The Morgan fingerprint density at radius 1 is 1.00 bits per heavy atom. The molecule has 1 saturated heterocycles. The fourth-order valence-corrected chi connectivity index (χ4v) is 3.67. The molecule has 0 bridgehead atoms. The molecule has 0 spiro atoms. The molecule has 2 heteroatoms. The summed E-state index contributed by atoms with van der Waals surface area (Å²) in [5, 5.41) is 3.78. The maximum Gasteiger partial charge on any atom is 0.0107 e. The number of likely N-dealkylation sites (tertiary alicyclic amines) is 1. The maximum absolute atomic E-state index is 3.78. The molecule has 0 unspecified atom stereocenters. The minimum Gasteiger partial charge on any atom is -0.313 e. The van der Waals surface area contributed by atoms with E-state index in [0.29, 0.717) is 5.41 Å². The lowest BCUT2D eigenvalue weighted by Gasteiger charge is -2.50. The van der Waals surface area contributed by atoms with Gasteiger partial charge in [-0.25, -0.2) is 0 Å². The topological polar surface area (TPSA) is 15.3 Å². The summed E-state index contributed by atoms with van der Waals surface area (Å²) in [4.78, 5) is 2.64. The van der Waals surface area contributed by atoms with E-state index in [0.717, 1.165) is 6.04 Å². The second-order valence-corrected chi connectivity index (χ2v) is 6.56. The average Bonchev–Trinajstić information content (AvgIpc) is 2.61. The molecule has 1 aliphatic heterocycles. The summed E-state index contributed by atoms with van der Waals surface area (Å²) in [6.07, 6.45) is 11.3. The number of rotatable bonds is 6. The summed E-state index contributed by atoms with van der Waals surface area (Å²) in [5.41, 5.74) is 0.669. The SMILES string of the molecule is CCC1(CC)CN(CCNC2CCCCCC2)C1. The first-order valence-corrected chi connectivity index (χ1v) is 8.24. The number of hydrogen-bond donors (Lipinski definition) is 1. The van der Waals surface area contributed by atoms with Gasteiger partial charge in [0.2, 0.25) is 0 Å². The van der Waals surface area contributed by atoms with E-state index in [1.165, 1.54) is 77.5 Å². The Hall–Kier alpha value is -0.0800. The number of nitrogens with zero attached hydrogens (tertiary/aromatic N) is 1. The van der Waals surface area contributed by atoms with Crippen LogP contribution in [0.2, 0.25) is 0 Å². The van der Waals surface area contributed by atoms with Crippen molar-refractivity contribution in [3.63, 3.8) is 0 Å². The zero-order valence-corrected chi connectivity index (χ0v) is 12.5. The molecular weight excluding hydrogens is 220 g/mol. The predicted molar refractivity (Wildman–Crippen MR) is 78.9 cm³/mol. The average molecular weight is 252 g/mol. The fourth-order valence-electron chi connectivity index (χ4n) is 3.67. The third-order valence-electron chi connectivity index (χ3n) is 5.33. The van der Waals surface area contributed by atoms with Crippen LogP contribution in [0.5, 0.6) is 0 Å². The van der Waals surface area contributed by atoms with Crippen LogP contribution in [0.15, 0.2) is 0 Å². The number of hydrogen-bond acceptors (Lipinski definition) is 2. The molecule has 106 valence electrons. The van der Waals surface area contributed by atoms with Crippen LogP contribution in [0.25, 0.3) is 0 Å². The molecule has 2 nitrogen and oxygen atoms in total. The van der Waals surface area contributed by atoms with E-state index >= 15 is 0 Å². The molecule has 0 amide bonds. The van der Waals surface area contributed by atoms with Gasteiger partial charge in [-0.05, 0) is 31.1 Å².